The first-order valence-corrected chi connectivity index (χ1v) is 8.51. The van der Waals surface area contributed by atoms with Crippen LogP contribution >= 0.6 is 0 Å². The quantitative estimate of drug-likeness (QED) is 0.907. The second-order valence-electron chi connectivity index (χ2n) is 6.56. The molecule has 1 saturated heterocycles. The average Bonchev–Trinajstić information content (AvgIpc) is 3.27. The average molecular weight is 320 g/mol. The van der Waals surface area contributed by atoms with Gasteiger partial charge in [0.05, 0.1) is 12.0 Å². The van der Waals surface area contributed by atoms with E-state index in [-0.39, 0.29) is 29.8 Å². The van der Waals surface area contributed by atoms with E-state index in [0.717, 1.165) is 43.6 Å². The molecular weight excluding hydrogens is 295 g/mol. The van der Waals surface area contributed by atoms with Gasteiger partial charge in [0.2, 0.25) is 5.91 Å². The van der Waals surface area contributed by atoms with Crippen LogP contribution in [0.4, 0.5) is 10.1 Å². The molecule has 3 unspecified atom stereocenters. The first kappa shape index (κ1) is 16.2. The van der Waals surface area contributed by atoms with E-state index >= 15 is 0 Å². The summed E-state index contributed by atoms with van der Waals surface area (Å²) in [6.07, 6.45) is 2.97. The van der Waals surface area contributed by atoms with Crippen molar-refractivity contribution >= 4 is 11.6 Å². The zero-order valence-corrected chi connectivity index (χ0v) is 13.8. The third-order valence-corrected chi connectivity index (χ3v) is 4.72. The zero-order chi connectivity index (χ0) is 16.4. The van der Waals surface area contributed by atoms with Crippen molar-refractivity contribution in [2.75, 3.05) is 24.6 Å². The molecule has 126 valence electrons. The van der Waals surface area contributed by atoms with Crippen LogP contribution in [0, 0.1) is 18.7 Å². The van der Waals surface area contributed by atoms with Crippen molar-refractivity contribution < 1.29 is 13.9 Å². The van der Waals surface area contributed by atoms with Crippen LogP contribution < -0.4 is 10.2 Å². The van der Waals surface area contributed by atoms with Gasteiger partial charge in [-0.05, 0) is 56.9 Å². The number of carbonyl (C=O) groups excluding carboxylic acids is 1. The Morgan fingerprint density at radius 2 is 2.30 bits per heavy atom. The number of hydrogen-bond donors (Lipinski definition) is 1. The van der Waals surface area contributed by atoms with Crippen molar-refractivity contribution in [2.45, 2.75) is 45.3 Å². The van der Waals surface area contributed by atoms with Gasteiger partial charge in [-0.1, -0.05) is 0 Å². The van der Waals surface area contributed by atoms with E-state index in [4.69, 9.17) is 4.74 Å². The summed E-state index contributed by atoms with van der Waals surface area (Å²) in [6, 6.07) is 5.06. The van der Waals surface area contributed by atoms with Gasteiger partial charge < -0.3 is 15.0 Å². The molecule has 0 radical (unpaired) electrons. The molecule has 1 aromatic carbocycles. The Labute approximate surface area is 137 Å². The van der Waals surface area contributed by atoms with Crippen molar-refractivity contribution in [1.29, 1.82) is 0 Å². The summed E-state index contributed by atoms with van der Waals surface area (Å²) in [5.74, 6) is -0.0622. The van der Waals surface area contributed by atoms with Gasteiger partial charge in [0, 0.05) is 31.4 Å². The van der Waals surface area contributed by atoms with E-state index in [2.05, 4.69) is 10.2 Å². The maximum Gasteiger partial charge on any atom is 0.226 e. The first-order valence-electron chi connectivity index (χ1n) is 8.51. The number of piperidine rings is 1. The zero-order valence-electron chi connectivity index (χ0n) is 13.8. The van der Waals surface area contributed by atoms with Gasteiger partial charge in [0.25, 0.3) is 0 Å². The van der Waals surface area contributed by atoms with E-state index in [9.17, 15) is 9.18 Å². The van der Waals surface area contributed by atoms with E-state index in [1.165, 1.54) is 6.07 Å². The van der Waals surface area contributed by atoms with Crippen LogP contribution in [0.2, 0.25) is 0 Å². The molecule has 1 N–H and O–H groups in total. The Bertz CT molecular complexity index is 578. The van der Waals surface area contributed by atoms with Crippen LogP contribution in [0.3, 0.4) is 0 Å². The van der Waals surface area contributed by atoms with E-state index in [0.29, 0.717) is 6.61 Å². The van der Waals surface area contributed by atoms with Crippen molar-refractivity contribution in [3.63, 3.8) is 0 Å². The van der Waals surface area contributed by atoms with Crippen LogP contribution in [-0.4, -0.2) is 37.7 Å². The van der Waals surface area contributed by atoms with E-state index in [1.54, 1.807) is 6.07 Å². The van der Waals surface area contributed by atoms with Crippen LogP contribution in [0.15, 0.2) is 18.2 Å². The molecule has 1 aliphatic carbocycles. The second kappa shape index (κ2) is 6.87. The molecule has 2 fully saturated rings. The highest BCUT2D eigenvalue weighted by atomic mass is 19.1. The summed E-state index contributed by atoms with van der Waals surface area (Å²) in [5.41, 5.74) is 2.00. The number of ether oxygens (including phenoxy) is 1. The minimum Gasteiger partial charge on any atom is -0.378 e. The summed E-state index contributed by atoms with van der Waals surface area (Å²) in [5, 5.41) is 3.17. The highest BCUT2D eigenvalue weighted by Gasteiger charge is 2.44. The summed E-state index contributed by atoms with van der Waals surface area (Å²) < 4.78 is 18.8. The van der Waals surface area contributed by atoms with Crippen molar-refractivity contribution in [1.82, 2.24) is 5.32 Å². The highest BCUT2D eigenvalue weighted by Crippen LogP contribution is 2.34. The Hall–Kier alpha value is -1.62. The molecular formula is C18H25FN2O2. The lowest BCUT2D eigenvalue weighted by Gasteiger charge is -2.35. The Morgan fingerprint density at radius 1 is 1.48 bits per heavy atom. The number of nitrogens with one attached hydrogen (secondary N) is 1. The monoisotopic (exact) mass is 320 g/mol. The van der Waals surface area contributed by atoms with Gasteiger partial charge in [0.1, 0.15) is 5.82 Å². The van der Waals surface area contributed by atoms with Gasteiger partial charge in [-0.15, -0.1) is 0 Å². The number of anilines is 1. The van der Waals surface area contributed by atoms with Gasteiger partial charge in [-0.3, -0.25) is 4.79 Å². The van der Waals surface area contributed by atoms with Gasteiger partial charge in [-0.2, -0.15) is 0 Å². The molecule has 3 rings (SSSR count). The van der Waals surface area contributed by atoms with Crippen LogP contribution in [-0.2, 0) is 9.53 Å². The second-order valence-corrected chi connectivity index (χ2v) is 6.56. The molecule has 23 heavy (non-hydrogen) atoms. The fraction of sp³-hybridized carbons (Fsp3) is 0.611. The lowest BCUT2D eigenvalue weighted by atomic mass is 10.0. The van der Waals surface area contributed by atoms with Gasteiger partial charge in [-0.25, -0.2) is 4.39 Å². The lowest BCUT2D eigenvalue weighted by Crippen LogP contribution is -2.48. The van der Waals surface area contributed by atoms with Crippen molar-refractivity contribution in [3.8, 4) is 0 Å². The van der Waals surface area contributed by atoms with Crippen molar-refractivity contribution in [2.24, 2.45) is 5.92 Å². The summed E-state index contributed by atoms with van der Waals surface area (Å²) in [6.45, 7) is 6.28. The fourth-order valence-electron chi connectivity index (χ4n) is 3.44. The van der Waals surface area contributed by atoms with Crippen LogP contribution in [0.5, 0.6) is 0 Å². The molecule has 1 amide bonds. The number of benzene rings is 1. The third-order valence-electron chi connectivity index (χ3n) is 4.72. The molecule has 0 bridgehead atoms. The molecule has 5 heteroatoms. The van der Waals surface area contributed by atoms with E-state index < -0.39 is 0 Å². The normalized spacial score (nSPS) is 26.9. The Morgan fingerprint density at radius 3 is 3.04 bits per heavy atom. The lowest BCUT2D eigenvalue weighted by molar-refractivity contribution is -0.124. The minimum absolute atomic E-state index is 0.0258. The molecule has 1 heterocycles. The third kappa shape index (κ3) is 3.83. The highest BCUT2D eigenvalue weighted by molar-refractivity contribution is 5.82. The predicted molar refractivity (Wildman–Crippen MR) is 88.0 cm³/mol. The fourth-order valence-corrected chi connectivity index (χ4v) is 3.44. The minimum atomic E-state index is -0.205. The topological polar surface area (TPSA) is 41.6 Å². The molecule has 1 aromatic rings. The molecule has 3 atom stereocenters. The molecule has 1 aliphatic heterocycles. The van der Waals surface area contributed by atoms with E-state index in [1.807, 2.05) is 19.9 Å². The predicted octanol–water partition coefficient (Wildman–Crippen LogP) is 2.64. The molecule has 2 aliphatic rings. The number of amides is 1. The molecule has 1 saturated carbocycles. The number of hydrogen-bond acceptors (Lipinski definition) is 3. The summed E-state index contributed by atoms with van der Waals surface area (Å²) in [7, 11) is 0. The number of aryl methyl sites for hydroxylation is 1. The number of halogens is 1. The molecule has 4 nitrogen and oxygen atoms in total. The van der Waals surface area contributed by atoms with Crippen molar-refractivity contribution in [3.05, 3.63) is 29.6 Å². The van der Waals surface area contributed by atoms with Gasteiger partial charge in [0.15, 0.2) is 0 Å². The Kier molecular flexibility index (Phi) is 4.85. The SMILES string of the molecule is CCOC1CC1C(=O)NC1CCCN(c2ccc(F)cc2C)C1. The number of rotatable bonds is 5. The molecule has 0 aromatic heterocycles. The molecule has 0 spiro atoms. The number of nitrogens with zero attached hydrogens (tertiary/aromatic N) is 1. The maximum atomic E-state index is 13.3. The largest absolute Gasteiger partial charge is 0.378 e. The van der Waals surface area contributed by atoms with Gasteiger partial charge >= 0.3 is 0 Å². The Balaban J connectivity index is 1.57. The number of carbonyl (C=O) groups is 1. The van der Waals surface area contributed by atoms with Crippen LogP contribution in [0.25, 0.3) is 0 Å². The summed E-state index contributed by atoms with van der Waals surface area (Å²) >= 11 is 0. The smallest absolute Gasteiger partial charge is 0.226 e. The maximum absolute atomic E-state index is 13.3. The standard InChI is InChI=1S/C18H25FN2O2/c1-3-23-17-10-15(17)18(22)20-14-5-4-8-21(11-14)16-7-6-13(19)9-12(16)2/h6-7,9,14-15,17H,3-5,8,10-11H2,1-2H3,(H,20,22). The van der Waals surface area contributed by atoms with Crippen LogP contribution in [0.1, 0.15) is 31.7 Å². The summed E-state index contributed by atoms with van der Waals surface area (Å²) in [4.78, 5) is 14.5. The first-order chi connectivity index (χ1) is 11.1.